The fraction of sp³-hybridized carbons (Fsp3) is 0.529. The second-order valence-corrected chi connectivity index (χ2v) is 20.0. The molecule has 4 aliphatic rings. The monoisotopic (exact) mass is 919 g/mol. The minimum atomic E-state index is -1.15. The molecule has 4 aromatic rings. The van der Waals surface area contributed by atoms with Crippen molar-refractivity contribution in [2.24, 2.45) is 17.3 Å². The molecule has 0 radical (unpaired) electrons. The van der Waals surface area contributed by atoms with Gasteiger partial charge < -0.3 is 40.0 Å². The summed E-state index contributed by atoms with van der Waals surface area (Å²) in [5, 5.41) is 22.7. The number of hydrogen-bond donors (Lipinski definition) is 5. The van der Waals surface area contributed by atoms with Crippen LogP contribution in [0.4, 0.5) is 0 Å². The van der Waals surface area contributed by atoms with Crippen molar-refractivity contribution in [1.29, 1.82) is 0 Å². The second kappa shape index (κ2) is 19.4. The summed E-state index contributed by atoms with van der Waals surface area (Å²) in [6.45, 7) is 13.7. The third-order valence-corrected chi connectivity index (χ3v) is 13.9. The summed E-state index contributed by atoms with van der Waals surface area (Å²) in [6, 6.07) is 12.3. The quantitative estimate of drug-likeness (QED) is 0.102. The highest BCUT2D eigenvalue weighted by Gasteiger charge is 2.43. The topological polar surface area (TPSA) is 206 Å². The van der Waals surface area contributed by atoms with E-state index in [-0.39, 0.29) is 67.2 Å². The van der Waals surface area contributed by atoms with E-state index >= 15 is 0 Å². The van der Waals surface area contributed by atoms with Crippen LogP contribution in [-0.4, -0.2) is 118 Å². The van der Waals surface area contributed by atoms with Crippen LogP contribution in [0.5, 0.6) is 5.75 Å². The zero-order chi connectivity index (χ0) is 47.9. The van der Waals surface area contributed by atoms with Crippen LogP contribution in [-0.2, 0) is 52.8 Å². The van der Waals surface area contributed by atoms with Crippen molar-refractivity contribution in [3.63, 3.8) is 0 Å². The largest absolute Gasteiger partial charge is 0.508 e. The van der Waals surface area contributed by atoms with Crippen LogP contribution in [0.3, 0.4) is 0 Å². The van der Waals surface area contributed by atoms with E-state index in [1.54, 1.807) is 32.5 Å². The molecule has 2 saturated heterocycles. The van der Waals surface area contributed by atoms with E-state index in [0.717, 1.165) is 44.5 Å². The number of phenols is 1. The van der Waals surface area contributed by atoms with Crippen molar-refractivity contribution in [2.45, 2.75) is 123 Å². The summed E-state index contributed by atoms with van der Waals surface area (Å²) >= 11 is 0. The van der Waals surface area contributed by atoms with Gasteiger partial charge in [0.2, 0.25) is 17.7 Å². The molecule has 4 amide bonds. The molecule has 3 fully saturated rings. The van der Waals surface area contributed by atoms with E-state index in [9.17, 15) is 29.1 Å². The van der Waals surface area contributed by atoms with Crippen LogP contribution in [0.15, 0.2) is 54.7 Å². The molecule has 1 saturated carbocycles. The van der Waals surface area contributed by atoms with Gasteiger partial charge >= 0.3 is 5.97 Å². The van der Waals surface area contributed by atoms with Gasteiger partial charge in [-0.25, -0.2) is 5.43 Å². The Balaban J connectivity index is 1.16. The third kappa shape index (κ3) is 10.1. The van der Waals surface area contributed by atoms with Gasteiger partial charge in [-0.3, -0.25) is 34.0 Å². The lowest BCUT2D eigenvalue weighted by Crippen LogP contribution is -2.62. The smallest absolute Gasteiger partial charge is 0.324 e. The van der Waals surface area contributed by atoms with Crippen LogP contribution in [0.1, 0.15) is 90.2 Å². The van der Waals surface area contributed by atoms with Gasteiger partial charge in [0.15, 0.2) is 0 Å². The standard InChI is InChI=1S/C51H66N8O8/c1-9-58-42-15-14-31-24-37(42)38(45(58)36-12-10-16-52-43(36)29(4)66-8)25-51(5,6)27-67-50(65)39-13-11-17-59(56-39)49(64)40(20-30-18-32(31)23-35(60)19-30)55-47(62)44(28(2)3)57(7)48(63)33-21-34(22-33)54-46(61)41-26-53-41/h10,12,14-16,18-19,23-24,28-29,33-34,39-41,44,53,56,60H,9,11,13,17,20-22,25-27H2,1-8H3,(H,54,61)(H,55,62)/t29-,33?,34?,39-,40-,41+,44-/m0/s1. The number of nitrogens with zero attached hydrogens (tertiary/aromatic N) is 4. The molecule has 0 spiro atoms. The van der Waals surface area contributed by atoms with Crippen molar-refractivity contribution in [3.8, 4) is 28.1 Å². The Labute approximate surface area is 392 Å². The highest BCUT2D eigenvalue weighted by Crippen LogP contribution is 2.42. The zero-order valence-corrected chi connectivity index (χ0v) is 40.0. The Kier molecular flexibility index (Phi) is 13.8. The van der Waals surface area contributed by atoms with Crippen LogP contribution >= 0.6 is 0 Å². The van der Waals surface area contributed by atoms with Gasteiger partial charge in [-0.1, -0.05) is 39.8 Å². The Morgan fingerprint density at radius 2 is 1.82 bits per heavy atom. The molecule has 0 unspecified atom stereocenters. The maximum atomic E-state index is 14.7. The number of methoxy groups -OCH3 is 1. The fourth-order valence-corrected chi connectivity index (χ4v) is 10.2. The van der Waals surface area contributed by atoms with E-state index in [4.69, 9.17) is 14.5 Å². The maximum Gasteiger partial charge on any atom is 0.324 e. The van der Waals surface area contributed by atoms with Gasteiger partial charge in [0.05, 0.1) is 30.1 Å². The Morgan fingerprint density at radius 1 is 1.06 bits per heavy atom. The Hall–Kier alpha value is -5.84. The molecule has 16 nitrogen and oxygen atoms in total. The van der Waals surface area contributed by atoms with Crippen molar-refractivity contribution in [2.75, 3.05) is 33.9 Å². The number of aromatic nitrogens is 2. The molecular weight excluding hydrogens is 853 g/mol. The van der Waals surface area contributed by atoms with Crippen molar-refractivity contribution >= 4 is 40.5 Å². The minimum Gasteiger partial charge on any atom is -0.508 e. The number of hydrazine groups is 1. The summed E-state index contributed by atoms with van der Waals surface area (Å²) in [6.07, 6.45) is 3.96. The molecule has 3 aliphatic heterocycles. The van der Waals surface area contributed by atoms with Crippen molar-refractivity contribution < 1.29 is 38.6 Å². The number of carbonyl (C=O) groups excluding carboxylic acids is 5. The number of fused-ring (bicyclic) bond motifs is 6. The van der Waals surface area contributed by atoms with E-state index in [1.807, 2.05) is 39.0 Å². The van der Waals surface area contributed by atoms with Gasteiger partial charge in [0, 0.05) is 80.3 Å². The first kappa shape index (κ1) is 47.6. The first-order valence-electron chi connectivity index (χ1n) is 23.8. The number of phenolic OH excluding ortho intramolecular Hbond substituents is 1. The number of benzene rings is 2. The van der Waals surface area contributed by atoms with E-state index in [2.05, 4.69) is 64.9 Å². The summed E-state index contributed by atoms with van der Waals surface area (Å²) in [5.41, 5.74) is 9.58. The number of cyclic esters (lactones) is 1. The summed E-state index contributed by atoms with van der Waals surface area (Å²) in [4.78, 5) is 75.5. The van der Waals surface area contributed by atoms with E-state index in [0.29, 0.717) is 50.8 Å². The number of likely N-dealkylation sites (N-methyl/N-ethyl adjacent to an activating group) is 1. The van der Waals surface area contributed by atoms with Gasteiger partial charge in [-0.15, -0.1) is 0 Å². The molecule has 16 heteroatoms. The average molecular weight is 919 g/mol. The lowest BCUT2D eigenvalue weighted by Gasteiger charge is -2.40. The fourth-order valence-electron chi connectivity index (χ4n) is 10.2. The number of carbonyl (C=O) groups is 5. The van der Waals surface area contributed by atoms with Crippen molar-refractivity contribution in [1.82, 2.24) is 40.8 Å². The minimum absolute atomic E-state index is 0.00110. The number of amides is 4. The van der Waals surface area contributed by atoms with Gasteiger partial charge in [0.1, 0.15) is 23.9 Å². The SMILES string of the molecule is CCn1c(-c2cccnc2[C@H](C)OC)c2c3cc(ccc31)-c1cc(O)cc(c1)C[C@H](NC(=O)[C@H](C(C)C)N(C)C(=O)C1CC(NC(=O)[C@H]3CN3)C1)C(=O)N1CCC[C@H](N1)C(=O)OCC(C)(C)C2. The molecule has 2 aromatic carbocycles. The van der Waals surface area contributed by atoms with Crippen LogP contribution in [0, 0.1) is 17.3 Å². The van der Waals surface area contributed by atoms with Gasteiger partial charge in [-0.2, -0.15) is 0 Å². The lowest BCUT2D eigenvalue weighted by atomic mass is 9.78. The van der Waals surface area contributed by atoms with E-state index < -0.39 is 41.3 Å². The number of nitrogens with one attached hydrogen (secondary N) is 4. The molecule has 5 heterocycles. The maximum absolute atomic E-state index is 14.7. The Morgan fingerprint density at radius 3 is 2.52 bits per heavy atom. The summed E-state index contributed by atoms with van der Waals surface area (Å²) in [5.74, 6) is -2.39. The number of aromatic hydroxyl groups is 1. The molecular formula is C51H66N8O8. The van der Waals surface area contributed by atoms with Gasteiger partial charge in [0.25, 0.3) is 5.91 Å². The normalized spacial score (nSPS) is 23.7. The second-order valence-electron chi connectivity index (χ2n) is 20.0. The lowest BCUT2D eigenvalue weighted by molar-refractivity contribution is -0.155. The third-order valence-electron chi connectivity index (χ3n) is 13.9. The van der Waals surface area contributed by atoms with Gasteiger partial charge in [-0.05, 0) is 111 Å². The predicted octanol–water partition coefficient (Wildman–Crippen LogP) is 4.80. The highest BCUT2D eigenvalue weighted by atomic mass is 16.5. The highest BCUT2D eigenvalue weighted by molar-refractivity contribution is 5.96. The number of esters is 1. The molecule has 67 heavy (non-hydrogen) atoms. The number of hydrogen-bond acceptors (Lipinski definition) is 11. The first-order chi connectivity index (χ1) is 32.0. The molecule has 1 aliphatic carbocycles. The molecule has 2 aromatic heterocycles. The zero-order valence-electron chi connectivity index (χ0n) is 40.0. The number of rotatable bonds is 11. The molecule has 8 rings (SSSR count). The summed E-state index contributed by atoms with van der Waals surface area (Å²) < 4.78 is 14.2. The Bertz CT molecular complexity index is 2540. The van der Waals surface area contributed by atoms with E-state index in [1.165, 1.54) is 9.91 Å². The molecule has 5 N–H and O–H groups in total. The number of pyridine rings is 1. The van der Waals surface area contributed by atoms with Crippen LogP contribution in [0.2, 0.25) is 0 Å². The molecule has 5 atom stereocenters. The predicted molar refractivity (Wildman–Crippen MR) is 253 cm³/mol. The van der Waals surface area contributed by atoms with Crippen molar-refractivity contribution in [3.05, 3.63) is 71.5 Å². The first-order valence-corrected chi connectivity index (χ1v) is 23.8. The number of aryl methyl sites for hydroxylation is 1. The van der Waals surface area contributed by atoms with Crippen LogP contribution < -0.4 is 21.4 Å². The number of ether oxygens (including phenoxy) is 2. The molecule has 6 bridgehead atoms. The molecule has 358 valence electrons. The average Bonchev–Trinajstić information content (AvgIpc) is 4.11. The van der Waals surface area contributed by atoms with Crippen LogP contribution in [0.25, 0.3) is 33.3 Å². The summed E-state index contributed by atoms with van der Waals surface area (Å²) in [7, 11) is 3.28.